The number of benzene rings is 2. The van der Waals surface area contributed by atoms with Crippen LogP contribution in [0.4, 0.5) is 10.5 Å². The minimum atomic E-state index is -0.308. The first kappa shape index (κ1) is 28.8. The van der Waals surface area contributed by atoms with Gasteiger partial charge in [0.2, 0.25) is 5.91 Å². The predicted molar refractivity (Wildman–Crippen MR) is 152 cm³/mol. The van der Waals surface area contributed by atoms with Gasteiger partial charge in [-0.2, -0.15) is 0 Å². The van der Waals surface area contributed by atoms with Crippen LogP contribution in [0, 0.1) is 6.92 Å². The molecule has 0 atom stereocenters. The van der Waals surface area contributed by atoms with Crippen molar-refractivity contribution in [3.05, 3.63) is 69.9 Å². The average Bonchev–Trinajstić information content (AvgIpc) is 3.35. The van der Waals surface area contributed by atoms with Gasteiger partial charge in [-0.25, -0.2) is 4.79 Å². The van der Waals surface area contributed by atoms with Crippen LogP contribution in [-0.2, 0) is 17.8 Å². The van der Waals surface area contributed by atoms with Crippen LogP contribution in [0.5, 0.6) is 17.2 Å². The van der Waals surface area contributed by atoms with Crippen molar-refractivity contribution in [1.29, 1.82) is 0 Å². The van der Waals surface area contributed by atoms with Crippen molar-refractivity contribution >= 4 is 29.0 Å². The number of anilines is 1. The number of ether oxygens (including phenoxy) is 3. The summed E-state index contributed by atoms with van der Waals surface area (Å²) in [5.41, 5.74) is 1.68. The topological polar surface area (TPSA) is 80.3 Å². The quantitative estimate of drug-likeness (QED) is 0.306. The Labute approximate surface area is 229 Å². The van der Waals surface area contributed by atoms with E-state index < -0.39 is 0 Å². The Morgan fingerprint density at radius 2 is 1.61 bits per heavy atom. The molecule has 3 rings (SSSR count). The summed E-state index contributed by atoms with van der Waals surface area (Å²) >= 11 is 1.67. The molecular formula is C29H37N3O5S. The number of hydrogen-bond donors (Lipinski definition) is 1. The molecule has 0 bridgehead atoms. The molecule has 0 saturated carbocycles. The fourth-order valence-electron chi connectivity index (χ4n) is 4.01. The Morgan fingerprint density at radius 1 is 0.868 bits per heavy atom. The molecule has 0 aliphatic heterocycles. The number of nitrogens with one attached hydrogen (secondary N) is 1. The molecule has 0 aliphatic rings. The first-order valence-corrected chi connectivity index (χ1v) is 13.4. The molecular weight excluding hydrogens is 502 g/mol. The van der Waals surface area contributed by atoms with Gasteiger partial charge in [0, 0.05) is 28.5 Å². The third-order valence-corrected chi connectivity index (χ3v) is 7.05. The fourth-order valence-corrected chi connectivity index (χ4v) is 4.92. The third kappa shape index (κ3) is 8.14. The number of carbonyl (C=O) groups is 2. The summed E-state index contributed by atoms with van der Waals surface area (Å²) < 4.78 is 16.0. The number of urea groups is 1. The second kappa shape index (κ2) is 14.3. The Hall–Kier alpha value is -3.72. The molecule has 0 unspecified atom stereocenters. The van der Waals surface area contributed by atoms with E-state index in [9.17, 15) is 9.59 Å². The minimum Gasteiger partial charge on any atom is -0.497 e. The van der Waals surface area contributed by atoms with E-state index in [0.29, 0.717) is 49.0 Å². The average molecular weight is 540 g/mol. The van der Waals surface area contributed by atoms with E-state index >= 15 is 0 Å². The highest BCUT2D eigenvalue weighted by atomic mass is 32.1. The summed E-state index contributed by atoms with van der Waals surface area (Å²) in [6.07, 6.45) is 1.38. The van der Waals surface area contributed by atoms with E-state index in [-0.39, 0.29) is 18.5 Å². The Morgan fingerprint density at radius 3 is 2.21 bits per heavy atom. The van der Waals surface area contributed by atoms with Crippen molar-refractivity contribution in [1.82, 2.24) is 9.80 Å². The zero-order valence-electron chi connectivity index (χ0n) is 22.8. The van der Waals surface area contributed by atoms with Crippen LogP contribution in [0.25, 0.3) is 0 Å². The largest absolute Gasteiger partial charge is 0.497 e. The van der Waals surface area contributed by atoms with Crippen molar-refractivity contribution < 1.29 is 23.8 Å². The molecule has 3 aromatic rings. The number of aryl methyl sites for hydroxylation is 1. The lowest BCUT2D eigenvalue weighted by Gasteiger charge is -2.27. The third-order valence-electron chi connectivity index (χ3n) is 6.06. The molecule has 0 aliphatic carbocycles. The number of amides is 3. The molecule has 0 radical (unpaired) electrons. The highest BCUT2D eigenvalue weighted by Crippen LogP contribution is 2.28. The maximum atomic E-state index is 13.6. The maximum Gasteiger partial charge on any atom is 0.322 e. The molecule has 8 nitrogen and oxygen atoms in total. The van der Waals surface area contributed by atoms with E-state index in [1.807, 2.05) is 30.0 Å². The van der Waals surface area contributed by atoms with Gasteiger partial charge in [-0.1, -0.05) is 13.0 Å². The van der Waals surface area contributed by atoms with Gasteiger partial charge in [0.1, 0.15) is 12.3 Å². The lowest BCUT2D eigenvalue weighted by molar-refractivity contribution is -0.132. The number of nitrogens with zero attached hydrogens (tertiary/aromatic N) is 2. The minimum absolute atomic E-state index is 0.00782. The molecule has 0 spiro atoms. The molecule has 1 heterocycles. The van der Waals surface area contributed by atoms with Gasteiger partial charge in [-0.3, -0.25) is 4.79 Å². The highest BCUT2D eigenvalue weighted by molar-refractivity contribution is 7.11. The predicted octanol–water partition coefficient (Wildman–Crippen LogP) is 5.60. The second-order valence-corrected chi connectivity index (χ2v) is 10.2. The molecule has 1 aromatic heterocycles. The summed E-state index contributed by atoms with van der Waals surface area (Å²) in [6.45, 7) is 5.50. The zero-order valence-corrected chi connectivity index (χ0v) is 23.6. The smallest absolute Gasteiger partial charge is 0.322 e. The summed E-state index contributed by atoms with van der Waals surface area (Å²) in [6, 6.07) is 16.7. The van der Waals surface area contributed by atoms with Crippen LogP contribution in [0.1, 0.15) is 28.7 Å². The van der Waals surface area contributed by atoms with E-state index in [1.54, 1.807) is 61.8 Å². The van der Waals surface area contributed by atoms with Crippen LogP contribution in [0.2, 0.25) is 0 Å². The first-order chi connectivity index (χ1) is 18.4. The lowest BCUT2D eigenvalue weighted by atomic mass is 10.1. The molecule has 0 fully saturated rings. The molecule has 2 aromatic carbocycles. The van der Waals surface area contributed by atoms with Gasteiger partial charge < -0.3 is 29.3 Å². The molecule has 3 amide bonds. The fraction of sp³-hybridized carbons (Fsp3) is 0.379. The Balaban J connectivity index is 1.73. The number of methoxy groups -OCH3 is 3. The van der Waals surface area contributed by atoms with Gasteiger partial charge in [0.05, 0.1) is 27.9 Å². The van der Waals surface area contributed by atoms with Crippen LogP contribution in [-0.4, -0.2) is 62.7 Å². The molecule has 38 heavy (non-hydrogen) atoms. The molecule has 204 valence electrons. The van der Waals surface area contributed by atoms with Crippen molar-refractivity contribution in [3.63, 3.8) is 0 Å². The summed E-state index contributed by atoms with van der Waals surface area (Å²) in [5, 5.41) is 2.89. The van der Waals surface area contributed by atoms with Crippen LogP contribution < -0.4 is 19.5 Å². The normalized spacial score (nSPS) is 10.6. The SMILES string of the molecule is CCCN(CC(=O)N(CCc1ccc(OC)c(OC)c1)Cc1ccc(C)s1)C(=O)Nc1ccc(OC)cc1. The van der Waals surface area contributed by atoms with Gasteiger partial charge in [0.25, 0.3) is 0 Å². The maximum absolute atomic E-state index is 13.6. The van der Waals surface area contributed by atoms with E-state index in [0.717, 1.165) is 16.9 Å². The van der Waals surface area contributed by atoms with Crippen molar-refractivity contribution in [3.8, 4) is 17.2 Å². The van der Waals surface area contributed by atoms with E-state index in [2.05, 4.69) is 24.4 Å². The summed E-state index contributed by atoms with van der Waals surface area (Å²) in [5.74, 6) is 1.92. The molecule has 0 saturated heterocycles. The number of carbonyl (C=O) groups excluding carboxylic acids is 2. The van der Waals surface area contributed by atoms with Crippen molar-refractivity contribution in [2.24, 2.45) is 0 Å². The highest BCUT2D eigenvalue weighted by Gasteiger charge is 2.22. The summed E-state index contributed by atoms with van der Waals surface area (Å²) in [4.78, 5) is 32.3. The zero-order chi connectivity index (χ0) is 27.5. The van der Waals surface area contributed by atoms with Crippen molar-refractivity contribution in [2.45, 2.75) is 33.2 Å². The van der Waals surface area contributed by atoms with Crippen LogP contribution >= 0.6 is 11.3 Å². The number of thiophene rings is 1. The number of rotatable bonds is 13. The first-order valence-electron chi connectivity index (χ1n) is 12.6. The van der Waals surface area contributed by atoms with Gasteiger partial charge in [-0.15, -0.1) is 11.3 Å². The van der Waals surface area contributed by atoms with Gasteiger partial charge in [-0.05, 0) is 73.9 Å². The monoisotopic (exact) mass is 539 g/mol. The summed E-state index contributed by atoms with van der Waals surface area (Å²) in [7, 11) is 4.81. The molecule has 9 heteroatoms. The van der Waals surface area contributed by atoms with Gasteiger partial charge in [0.15, 0.2) is 11.5 Å². The van der Waals surface area contributed by atoms with Gasteiger partial charge >= 0.3 is 6.03 Å². The standard InChI is InChI=1S/C29H37N3O5S/c1-6-16-32(29(34)30-23-9-11-24(35-3)12-10-23)20-28(33)31(19-25-13-7-21(2)38-25)17-15-22-8-14-26(36-4)27(18-22)37-5/h7-14,18H,6,15-17,19-20H2,1-5H3,(H,30,34). The Bertz CT molecular complexity index is 1200. The number of hydrogen-bond acceptors (Lipinski definition) is 6. The van der Waals surface area contributed by atoms with Crippen LogP contribution in [0.15, 0.2) is 54.6 Å². The second-order valence-electron chi connectivity index (χ2n) is 8.85. The van der Waals surface area contributed by atoms with E-state index in [1.165, 1.54) is 4.88 Å². The van der Waals surface area contributed by atoms with Crippen LogP contribution in [0.3, 0.4) is 0 Å². The lowest BCUT2D eigenvalue weighted by Crippen LogP contribution is -2.45. The van der Waals surface area contributed by atoms with Crippen molar-refractivity contribution in [2.75, 3.05) is 46.3 Å². The molecule has 1 N–H and O–H groups in total. The van der Waals surface area contributed by atoms with E-state index in [4.69, 9.17) is 14.2 Å². The Kier molecular flexibility index (Phi) is 10.8.